The molecule has 0 spiro atoms. The SMILES string of the molecule is O=S1(=O)CCN(CO)CN1. The molecule has 5 nitrogen and oxygen atoms in total. The van der Waals surface area contributed by atoms with Crippen molar-refractivity contribution in [2.45, 2.75) is 0 Å². The molecule has 1 saturated heterocycles. The minimum atomic E-state index is -3.03. The highest BCUT2D eigenvalue weighted by Gasteiger charge is 2.19. The normalized spacial score (nSPS) is 26.5. The van der Waals surface area contributed by atoms with Gasteiger partial charge in [-0.2, -0.15) is 0 Å². The summed E-state index contributed by atoms with van der Waals surface area (Å²) in [4.78, 5) is 1.60. The third-order valence-electron chi connectivity index (χ3n) is 1.38. The van der Waals surface area contributed by atoms with Crippen molar-refractivity contribution >= 4 is 10.0 Å². The van der Waals surface area contributed by atoms with Crippen LogP contribution in [0.1, 0.15) is 0 Å². The van der Waals surface area contributed by atoms with Crippen molar-refractivity contribution in [2.24, 2.45) is 0 Å². The Balaban J connectivity index is 2.46. The molecule has 1 heterocycles. The standard InChI is InChI=1S/C4H10N2O3S/c7-4-6-1-2-10(8,9)5-3-6/h5,7H,1-4H2. The molecule has 0 bridgehead atoms. The van der Waals surface area contributed by atoms with Gasteiger partial charge in [-0.15, -0.1) is 0 Å². The number of hydrogen-bond acceptors (Lipinski definition) is 4. The number of sulfonamides is 1. The fraction of sp³-hybridized carbons (Fsp3) is 1.00. The fourth-order valence-electron chi connectivity index (χ4n) is 0.711. The molecule has 0 unspecified atom stereocenters. The van der Waals surface area contributed by atoms with E-state index in [2.05, 4.69) is 4.72 Å². The lowest BCUT2D eigenvalue weighted by molar-refractivity contribution is 0.107. The Labute approximate surface area is 59.7 Å². The van der Waals surface area contributed by atoms with E-state index < -0.39 is 10.0 Å². The van der Waals surface area contributed by atoms with Crippen molar-refractivity contribution in [1.82, 2.24) is 9.62 Å². The largest absolute Gasteiger partial charge is 0.381 e. The van der Waals surface area contributed by atoms with Crippen molar-refractivity contribution in [3.8, 4) is 0 Å². The van der Waals surface area contributed by atoms with Gasteiger partial charge < -0.3 is 5.11 Å². The van der Waals surface area contributed by atoms with Gasteiger partial charge in [-0.1, -0.05) is 0 Å². The molecule has 0 aromatic heterocycles. The molecule has 2 N–H and O–H groups in total. The third-order valence-corrected chi connectivity index (χ3v) is 2.67. The molecular weight excluding hydrogens is 156 g/mol. The fourth-order valence-corrected chi connectivity index (χ4v) is 1.73. The van der Waals surface area contributed by atoms with Gasteiger partial charge in [0.2, 0.25) is 10.0 Å². The molecule has 0 atom stereocenters. The number of rotatable bonds is 1. The van der Waals surface area contributed by atoms with Gasteiger partial charge in [-0.05, 0) is 0 Å². The Morgan fingerprint density at radius 3 is 2.70 bits per heavy atom. The van der Waals surface area contributed by atoms with Crippen LogP contribution in [0, 0.1) is 0 Å². The van der Waals surface area contributed by atoms with Crippen LogP contribution in [0.25, 0.3) is 0 Å². The predicted octanol–water partition coefficient (Wildman–Crippen LogP) is -1.87. The van der Waals surface area contributed by atoms with E-state index in [1.54, 1.807) is 4.90 Å². The first kappa shape index (κ1) is 7.93. The second-order valence-electron chi connectivity index (χ2n) is 2.16. The summed E-state index contributed by atoms with van der Waals surface area (Å²) >= 11 is 0. The molecule has 1 rings (SSSR count). The molecule has 0 saturated carbocycles. The van der Waals surface area contributed by atoms with E-state index in [0.717, 1.165) is 0 Å². The summed E-state index contributed by atoms with van der Waals surface area (Å²) in [6, 6.07) is 0. The van der Waals surface area contributed by atoms with Crippen LogP contribution in [0.2, 0.25) is 0 Å². The Bertz CT molecular complexity index is 187. The minimum absolute atomic E-state index is 0.0769. The Morgan fingerprint density at radius 2 is 2.30 bits per heavy atom. The van der Waals surface area contributed by atoms with Crippen molar-refractivity contribution in [1.29, 1.82) is 0 Å². The first-order chi connectivity index (χ1) is 4.64. The van der Waals surface area contributed by atoms with Crippen LogP contribution in [-0.4, -0.2) is 44.1 Å². The van der Waals surface area contributed by atoms with E-state index in [9.17, 15) is 8.42 Å². The maximum atomic E-state index is 10.7. The van der Waals surface area contributed by atoms with E-state index >= 15 is 0 Å². The molecular formula is C4H10N2O3S. The summed E-state index contributed by atoms with van der Waals surface area (Å²) in [6.45, 7) is 0.535. The Hall–Kier alpha value is -0.170. The molecule has 0 amide bonds. The van der Waals surface area contributed by atoms with Crippen LogP contribution in [0.5, 0.6) is 0 Å². The molecule has 0 aliphatic carbocycles. The van der Waals surface area contributed by atoms with E-state index in [1.165, 1.54) is 0 Å². The molecule has 0 aromatic carbocycles. The summed E-state index contributed by atoms with van der Waals surface area (Å²) in [5.74, 6) is 0.0769. The van der Waals surface area contributed by atoms with Gasteiger partial charge >= 0.3 is 0 Å². The molecule has 1 aliphatic rings. The highest BCUT2D eigenvalue weighted by molar-refractivity contribution is 7.89. The molecule has 0 aromatic rings. The van der Waals surface area contributed by atoms with Gasteiger partial charge in [-0.25, -0.2) is 13.1 Å². The van der Waals surface area contributed by atoms with Gasteiger partial charge in [0.25, 0.3) is 0 Å². The molecule has 1 fully saturated rings. The highest BCUT2D eigenvalue weighted by Crippen LogP contribution is 1.95. The zero-order valence-corrected chi connectivity index (χ0v) is 6.26. The molecule has 60 valence electrons. The summed E-state index contributed by atoms with van der Waals surface area (Å²) in [5.41, 5.74) is 0. The third kappa shape index (κ3) is 1.91. The van der Waals surface area contributed by atoms with Crippen LogP contribution >= 0.6 is 0 Å². The average Bonchev–Trinajstić information content (AvgIpc) is 1.88. The van der Waals surface area contributed by atoms with Gasteiger partial charge in [0.15, 0.2) is 0 Å². The minimum Gasteiger partial charge on any atom is -0.381 e. The van der Waals surface area contributed by atoms with E-state index in [1.807, 2.05) is 0 Å². The van der Waals surface area contributed by atoms with Gasteiger partial charge in [0.1, 0.15) is 0 Å². The van der Waals surface area contributed by atoms with Gasteiger partial charge in [0, 0.05) is 6.54 Å². The van der Waals surface area contributed by atoms with Gasteiger partial charge in [-0.3, -0.25) is 4.90 Å². The number of nitrogens with zero attached hydrogens (tertiary/aromatic N) is 1. The van der Waals surface area contributed by atoms with Crippen LogP contribution in [-0.2, 0) is 10.0 Å². The van der Waals surface area contributed by atoms with E-state index in [4.69, 9.17) is 5.11 Å². The summed E-state index contributed by atoms with van der Waals surface area (Å²) in [7, 11) is -3.03. The Morgan fingerprint density at radius 1 is 1.60 bits per heavy atom. The number of aliphatic hydroxyl groups is 1. The van der Waals surface area contributed by atoms with E-state index in [0.29, 0.717) is 6.54 Å². The zero-order chi connectivity index (χ0) is 7.61. The molecule has 0 radical (unpaired) electrons. The maximum Gasteiger partial charge on any atom is 0.213 e. The van der Waals surface area contributed by atoms with E-state index in [-0.39, 0.29) is 19.2 Å². The van der Waals surface area contributed by atoms with Crippen LogP contribution in [0.4, 0.5) is 0 Å². The topological polar surface area (TPSA) is 69.6 Å². The van der Waals surface area contributed by atoms with Crippen molar-refractivity contribution in [2.75, 3.05) is 25.7 Å². The first-order valence-electron chi connectivity index (χ1n) is 2.94. The zero-order valence-electron chi connectivity index (χ0n) is 5.45. The summed E-state index contributed by atoms with van der Waals surface area (Å²) < 4.78 is 23.7. The lowest BCUT2D eigenvalue weighted by atomic mass is 10.6. The van der Waals surface area contributed by atoms with Crippen LogP contribution in [0.15, 0.2) is 0 Å². The number of hydrogen-bond donors (Lipinski definition) is 2. The van der Waals surface area contributed by atoms with Crippen molar-refractivity contribution in [3.63, 3.8) is 0 Å². The maximum absolute atomic E-state index is 10.7. The first-order valence-corrected chi connectivity index (χ1v) is 4.60. The average molecular weight is 166 g/mol. The second kappa shape index (κ2) is 2.83. The molecule has 6 heteroatoms. The Kier molecular flexibility index (Phi) is 2.24. The van der Waals surface area contributed by atoms with Crippen LogP contribution < -0.4 is 4.72 Å². The van der Waals surface area contributed by atoms with Crippen LogP contribution in [0.3, 0.4) is 0 Å². The lowest BCUT2D eigenvalue weighted by Crippen LogP contribution is -2.47. The molecule has 10 heavy (non-hydrogen) atoms. The van der Waals surface area contributed by atoms with Crippen molar-refractivity contribution < 1.29 is 13.5 Å². The summed E-state index contributed by atoms with van der Waals surface area (Å²) in [6.07, 6.45) is 0. The predicted molar refractivity (Wildman–Crippen MR) is 35.6 cm³/mol. The quantitative estimate of drug-likeness (QED) is 0.479. The molecule has 1 aliphatic heterocycles. The summed E-state index contributed by atoms with van der Waals surface area (Å²) in [5, 5.41) is 8.55. The number of nitrogens with one attached hydrogen (secondary N) is 1. The lowest BCUT2D eigenvalue weighted by Gasteiger charge is -2.24. The monoisotopic (exact) mass is 166 g/mol. The van der Waals surface area contributed by atoms with Crippen molar-refractivity contribution in [3.05, 3.63) is 0 Å². The van der Waals surface area contributed by atoms with Gasteiger partial charge in [0.05, 0.1) is 19.2 Å². The number of aliphatic hydroxyl groups excluding tert-OH is 1. The second-order valence-corrected chi connectivity index (χ2v) is 4.08. The highest BCUT2D eigenvalue weighted by atomic mass is 32.2. The smallest absolute Gasteiger partial charge is 0.213 e.